The van der Waals surface area contributed by atoms with Crippen LogP contribution in [-0.2, 0) is 0 Å². The highest BCUT2D eigenvalue weighted by molar-refractivity contribution is 9.10. The number of hydrogen-bond donors (Lipinski definition) is 1. The third-order valence-corrected chi connectivity index (χ3v) is 4.66. The van der Waals surface area contributed by atoms with Crippen molar-refractivity contribution in [1.82, 2.24) is 10.1 Å². The minimum atomic E-state index is 0.436. The molecule has 1 heterocycles. The zero-order chi connectivity index (χ0) is 14.1. The lowest BCUT2D eigenvalue weighted by Gasteiger charge is -2.04. The van der Waals surface area contributed by atoms with Gasteiger partial charge in [0.05, 0.1) is 5.56 Å². The smallest absolute Gasteiger partial charge is 0.260 e. The zero-order valence-corrected chi connectivity index (χ0v) is 13.1. The number of benzene rings is 1. The molecule has 4 nitrogen and oxygen atoms in total. The largest absolute Gasteiger partial charge is 0.398 e. The molecule has 20 heavy (non-hydrogen) atoms. The van der Waals surface area contributed by atoms with Gasteiger partial charge in [0.15, 0.2) is 5.82 Å². The molecule has 1 saturated carbocycles. The Balaban J connectivity index is 1.85. The summed E-state index contributed by atoms with van der Waals surface area (Å²) in [5.74, 6) is 2.58. The fourth-order valence-corrected chi connectivity index (χ4v) is 3.27. The SMILES string of the molecule is CCC1CCC(c2noc(-c3cc(Br)ccc3N)n2)C1. The van der Waals surface area contributed by atoms with Crippen LogP contribution in [0.15, 0.2) is 27.2 Å². The summed E-state index contributed by atoms with van der Waals surface area (Å²) in [6, 6.07) is 5.65. The third-order valence-electron chi connectivity index (χ3n) is 4.17. The molecule has 0 saturated heterocycles. The van der Waals surface area contributed by atoms with E-state index in [0.29, 0.717) is 17.5 Å². The van der Waals surface area contributed by atoms with E-state index in [0.717, 1.165) is 28.2 Å². The number of hydrogen-bond acceptors (Lipinski definition) is 4. The highest BCUT2D eigenvalue weighted by Gasteiger charge is 2.28. The fraction of sp³-hybridized carbons (Fsp3) is 0.467. The van der Waals surface area contributed by atoms with Gasteiger partial charge < -0.3 is 10.3 Å². The van der Waals surface area contributed by atoms with Crippen LogP contribution < -0.4 is 5.73 Å². The molecule has 2 atom stereocenters. The van der Waals surface area contributed by atoms with Gasteiger partial charge in [-0.25, -0.2) is 0 Å². The Morgan fingerprint density at radius 3 is 3.00 bits per heavy atom. The van der Waals surface area contributed by atoms with Crippen LogP contribution in [0.4, 0.5) is 5.69 Å². The van der Waals surface area contributed by atoms with Crippen LogP contribution in [0.25, 0.3) is 11.5 Å². The molecule has 3 rings (SSSR count). The molecule has 2 unspecified atom stereocenters. The van der Waals surface area contributed by atoms with Crippen molar-refractivity contribution in [3.8, 4) is 11.5 Å². The van der Waals surface area contributed by atoms with Gasteiger partial charge in [0.1, 0.15) is 0 Å². The van der Waals surface area contributed by atoms with Gasteiger partial charge in [0.25, 0.3) is 5.89 Å². The number of nitrogens with two attached hydrogens (primary N) is 1. The molecule has 0 spiro atoms. The van der Waals surface area contributed by atoms with E-state index in [2.05, 4.69) is 33.0 Å². The monoisotopic (exact) mass is 335 g/mol. The lowest BCUT2D eigenvalue weighted by atomic mass is 10.0. The van der Waals surface area contributed by atoms with Crippen LogP contribution in [0.3, 0.4) is 0 Å². The summed E-state index contributed by atoms with van der Waals surface area (Å²) in [7, 11) is 0. The van der Waals surface area contributed by atoms with E-state index in [-0.39, 0.29) is 0 Å². The number of rotatable bonds is 3. The average Bonchev–Trinajstić information content (AvgIpc) is 3.09. The maximum absolute atomic E-state index is 5.98. The average molecular weight is 336 g/mol. The second-order valence-corrected chi connectivity index (χ2v) is 6.39. The Labute approximate surface area is 126 Å². The highest BCUT2D eigenvalue weighted by Crippen LogP contribution is 2.39. The first kappa shape index (κ1) is 13.6. The second kappa shape index (κ2) is 5.56. The second-order valence-electron chi connectivity index (χ2n) is 5.47. The molecule has 0 radical (unpaired) electrons. The van der Waals surface area contributed by atoms with Crippen molar-refractivity contribution < 1.29 is 4.52 Å². The maximum atomic E-state index is 5.98. The van der Waals surface area contributed by atoms with E-state index in [1.54, 1.807) is 0 Å². The molecule has 5 heteroatoms. The number of nitrogens with zero attached hydrogens (tertiary/aromatic N) is 2. The van der Waals surface area contributed by atoms with Crippen molar-refractivity contribution in [2.75, 3.05) is 5.73 Å². The third kappa shape index (κ3) is 2.59. The van der Waals surface area contributed by atoms with Gasteiger partial charge >= 0.3 is 0 Å². The van der Waals surface area contributed by atoms with E-state index in [4.69, 9.17) is 10.3 Å². The Hall–Kier alpha value is -1.36. The van der Waals surface area contributed by atoms with E-state index in [1.165, 1.54) is 19.3 Å². The van der Waals surface area contributed by atoms with Crippen LogP contribution >= 0.6 is 15.9 Å². The molecule has 1 fully saturated rings. The fourth-order valence-electron chi connectivity index (χ4n) is 2.90. The molecular weight excluding hydrogens is 318 g/mol. The Kier molecular flexibility index (Phi) is 3.78. The number of nitrogen functional groups attached to an aromatic ring is 1. The van der Waals surface area contributed by atoms with Crippen molar-refractivity contribution in [1.29, 1.82) is 0 Å². The molecule has 1 aliphatic rings. The van der Waals surface area contributed by atoms with Gasteiger partial charge in [0, 0.05) is 16.1 Å². The molecule has 2 N–H and O–H groups in total. The van der Waals surface area contributed by atoms with Crippen LogP contribution in [0.2, 0.25) is 0 Å². The predicted molar refractivity (Wildman–Crippen MR) is 82.2 cm³/mol. The van der Waals surface area contributed by atoms with Crippen molar-refractivity contribution in [3.63, 3.8) is 0 Å². The van der Waals surface area contributed by atoms with Crippen LogP contribution in [0, 0.1) is 5.92 Å². The van der Waals surface area contributed by atoms with Crippen molar-refractivity contribution in [2.45, 2.75) is 38.5 Å². The molecule has 0 bridgehead atoms. The maximum Gasteiger partial charge on any atom is 0.260 e. The first-order valence-electron chi connectivity index (χ1n) is 7.06. The minimum absolute atomic E-state index is 0.436. The molecule has 0 aliphatic heterocycles. The first-order chi connectivity index (χ1) is 9.67. The summed E-state index contributed by atoms with van der Waals surface area (Å²) in [5, 5.41) is 4.16. The molecule has 0 amide bonds. The summed E-state index contributed by atoms with van der Waals surface area (Å²) in [6.45, 7) is 2.25. The van der Waals surface area contributed by atoms with Gasteiger partial charge in [-0.15, -0.1) is 0 Å². The highest BCUT2D eigenvalue weighted by atomic mass is 79.9. The van der Waals surface area contributed by atoms with E-state index < -0.39 is 0 Å². The summed E-state index contributed by atoms with van der Waals surface area (Å²) < 4.78 is 6.36. The van der Waals surface area contributed by atoms with E-state index in [1.807, 2.05) is 18.2 Å². The Morgan fingerprint density at radius 1 is 1.40 bits per heavy atom. The number of anilines is 1. The first-order valence-corrected chi connectivity index (χ1v) is 7.85. The zero-order valence-electron chi connectivity index (χ0n) is 11.5. The molecule has 2 aromatic rings. The van der Waals surface area contributed by atoms with Crippen LogP contribution in [0.5, 0.6) is 0 Å². The van der Waals surface area contributed by atoms with E-state index in [9.17, 15) is 0 Å². The summed E-state index contributed by atoms with van der Waals surface area (Å²) in [4.78, 5) is 4.55. The standard InChI is InChI=1S/C15H18BrN3O/c1-2-9-3-4-10(7-9)14-18-15(20-19-14)12-8-11(16)5-6-13(12)17/h5-6,8-10H,2-4,7,17H2,1H3. The molecular formula is C15H18BrN3O. The van der Waals surface area contributed by atoms with Crippen LogP contribution in [0.1, 0.15) is 44.3 Å². The molecule has 1 aromatic carbocycles. The Morgan fingerprint density at radius 2 is 2.25 bits per heavy atom. The lowest BCUT2D eigenvalue weighted by molar-refractivity contribution is 0.414. The molecule has 106 valence electrons. The summed E-state index contributed by atoms with van der Waals surface area (Å²) >= 11 is 3.44. The van der Waals surface area contributed by atoms with Crippen LogP contribution in [-0.4, -0.2) is 10.1 Å². The quantitative estimate of drug-likeness (QED) is 0.845. The van der Waals surface area contributed by atoms with Gasteiger partial charge in [0.2, 0.25) is 0 Å². The topological polar surface area (TPSA) is 64.9 Å². The van der Waals surface area contributed by atoms with Gasteiger partial charge in [-0.1, -0.05) is 34.4 Å². The van der Waals surface area contributed by atoms with Crippen molar-refractivity contribution in [2.24, 2.45) is 5.92 Å². The van der Waals surface area contributed by atoms with Crippen molar-refractivity contribution >= 4 is 21.6 Å². The molecule has 1 aromatic heterocycles. The van der Waals surface area contributed by atoms with Gasteiger partial charge in [-0.3, -0.25) is 0 Å². The summed E-state index contributed by atoms with van der Waals surface area (Å²) in [6.07, 6.45) is 4.83. The van der Waals surface area contributed by atoms with Gasteiger partial charge in [-0.05, 0) is 43.4 Å². The van der Waals surface area contributed by atoms with E-state index >= 15 is 0 Å². The lowest BCUT2D eigenvalue weighted by Crippen LogP contribution is -1.97. The predicted octanol–water partition coefficient (Wildman–Crippen LogP) is 4.38. The number of aromatic nitrogens is 2. The molecule has 1 aliphatic carbocycles. The van der Waals surface area contributed by atoms with Crippen molar-refractivity contribution in [3.05, 3.63) is 28.5 Å². The summed E-state index contributed by atoms with van der Waals surface area (Å²) in [5.41, 5.74) is 7.43. The number of halogens is 1. The normalized spacial score (nSPS) is 22.3. The van der Waals surface area contributed by atoms with Gasteiger partial charge in [-0.2, -0.15) is 4.98 Å². The minimum Gasteiger partial charge on any atom is -0.398 e. The Bertz CT molecular complexity index is 611.